The van der Waals surface area contributed by atoms with Gasteiger partial charge in [-0.3, -0.25) is 4.79 Å². The summed E-state index contributed by atoms with van der Waals surface area (Å²) in [5, 5.41) is 8.97. The molecule has 0 bridgehead atoms. The molecule has 1 heterocycles. The predicted molar refractivity (Wildman–Crippen MR) is 169 cm³/mol. The number of halogens is 1. The zero-order valence-corrected chi connectivity index (χ0v) is 23.7. The number of anilines is 1. The molecule has 0 aromatic heterocycles. The summed E-state index contributed by atoms with van der Waals surface area (Å²) in [6, 6.07) is 34.3. The van der Waals surface area contributed by atoms with Crippen LogP contribution in [0.25, 0.3) is 21.5 Å². The van der Waals surface area contributed by atoms with E-state index in [4.69, 9.17) is 28.8 Å². The average molecular weight is 563 g/mol. The number of nitrogens with zero attached hydrogens (tertiary/aromatic N) is 3. The largest absolute Gasteiger partial charge is 0.348 e. The molecule has 1 atom stereocenters. The second-order valence-electron chi connectivity index (χ2n) is 9.91. The number of benzodiazepines with no additional fused rings is 1. The molecule has 7 heteroatoms. The number of thiocarbonyl (C=S) groups is 1. The van der Waals surface area contributed by atoms with E-state index in [1.807, 2.05) is 54.4 Å². The number of likely N-dealkylation sites (N-methyl/N-ethyl adjacent to an activating group) is 1. The minimum absolute atomic E-state index is 0.208. The molecule has 0 aliphatic carbocycles. The van der Waals surface area contributed by atoms with Crippen LogP contribution in [0, 0.1) is 0 Å². The van der Waals surface area contributed by atoms with Gasteiger partial charge in [0.1, 0.15) is 0 Å². The van der Waals surface area contributed by atoms with E-state index in [0.717, 1.165) is 16.8 Å². The lowest BCUT2D eigenvalue weighted by atomic mass is 9.96. The minimum atomic E-state index is -0.911. The molecule has 5 nitrogen and oxygen atoms in total. The van der Waals surface area contributed by atoms with Crippen molar-refractivity contribution >= 4 is 67.8 Å². The van der Waals surface area contributed by atoms with Gasteiger partial charge in [-0.15, -0.1) is 0 Å². The predicted octanol–water partition coefficient (Wildman–Crippen LogP) is 6.79. The first kappa shape index (κ1) is 26.0. The zero-order valence-electron chi connectivity index (χ0n) is 22.1. The summed E-state index contributed by atoms with van der Waals surface area (Å²) < 4.78 is 0. The Kier molecular flexibility index (Phi) is 6.96. The average Bonchev–Trinajstić information content (AvgIpc) is 3.07. The van der Waals surface area contributed by atoms with Gasteiger partial charge in [0.2, 0.25) is 6.17 Å². The molecule has 0 fully saturated rings. The zero-order chi connectivity index (χ0) is 27.8. The molecule has 1 N–H and O–H groups in total. The Morgan fingerprint density at radius 3 is 2.23 bits per heavy atom. The maximum absolute atomic E-state index is 13.7. The van der Waals surface area contributed by atoms with Crippen molar-refractivity contribution in [2.24, 2.45) is 4.99 Å². The van der Waals surface area contributed by atoms with E-state index in [-0.39, 0.29) is 5.91 Å². The first-order valence-corrected chi connectivity index (χ1v) is 13.8. The van der Waals surface area contributed by atoms with Crippen molar-refractivity contribution in [3.63, 3.8) is 0 Å². The van der Waals surface area contributed by atoms with Gasteiger partial charge in [-0.1, -0.05) is 90.5 Å². The Bertz CT molecular complexity index is 1750. The van der Waals surface area contributed by atoms with Crippen molar-refractivity contribution < 1.29 is 4.79 Å². The van der Waals surface area contributed by atoms with E-state index in [9.17, 15) is 4.79 Å². The van der Waals surface area contributed by atoms with Gasteiger partial charge in [-0.05, 0) is 63.6 Å². The molecule has 5 aromatic carbocycles. The monoisotopic (exact) mass is 562 g/mol. The summed E-state index contributed by atoms with van der Waals surface area (Å²) in [5.41, 5.74) is 4.28. The summed E-state index contributed by atoms with van der Waals surface area (Å²) in [5.74, 6) is -0.208. The maximum atomic E-state index is 13.7. The molecule has 6 rings (SSSR count). The summed E-state index contributed by atoms with van der Waals surface area (Å²) in [4.78, 5) is 22.2. The molecule has 198 valence electrons. The van der Waals surface area contributed by atoms with Gasteiger partial charge in [0, 0.05) is 36.8 Å². The highest BCUT2D eigenvalue weighted by atomic mass is 35.5. The number of carbonyl (C=O) groups is 1. The molecule has 0 saturated heterocycles. The first-order chi connectivity index (χ1) is 19.4. The topological polar surface area (TPSA) is 47.9 Å². The molecule has 40 heavy (non-hydrogen) atoms. The van der Waals surface area contributed by atoms with Gasteiger partial charge in [-0.2, -0.15) is 0 Å². The number of rotatable bonds is 4. The number of aliphatic imine (C=N–C) groups is 1. The first-order valence-electron chi connectivity index (χ1n) is 13.0. The van der Waals surface area contributed by atoms with Crippen LogP contribution in [-0.2, 0) is 11.3 Å². The Labute approximate surface area is 243 Å². The molecule has 1 amide bonds. The highest BCUT2D eigenvalue weighted by Crippen LogP contribution is 2.31. The lowest BCUT2D eigenvalue weighted by Gasteiger charge is -2.26. The van der Waals surface area contributed by atoms with Crippen molar-refractivity contribution in [2.45, 2.75) is 12.7 Å². The highest BCUT2D eigenvalue weighted by molar-refractivity contribution is 7.80. The van der Waals surface area contributed by atoms with Crippen molar-refractivity contribution in [3.8, 4) is 0 Å². The number of nitrogens with one attached hydrogen (secondary N) is 1. The number of amides is 1. The van der Waals surface area contributed by atoms with Crippen LogP contribution >= 0.6 is 23.8 Å². The van der Waals surface area contributed by atoms with Gasteiger partial charge in [0.05, 0.1) is 11.4 Å². The number of fused-ring (bicyclic) bond motifs is 3. The second-order valence-corrected chi connectivity index (χ2v) is 10.7. The fourth-order valence-corrected chi connectivity index (χ4v) is 5.63. The van der Waals surface area contributed by atoms with Crippen molar-refractivity contribution in [3.05, 3.63) is 125 Å². The highest BCUT2D eigenvalue weighted by Gasteiger charge is 2.31. The van der Waals surface area contributed by atoms with E-state index in [1.165, 1.54) is 27.1 Å². The number of hydrogen-bond donors (Lipinski definition) is 1. The smallest absolute Gasteiger partial charge is 0.272 e. The van der Waals surface area contributed by atoms with Crippen LogP contribution in [0.1, 0.15) is 16.7 Å². The number of benzene rings is 5. The quantitative estimate of drug-likeness (QED) is 0.193. The third kappa shape index (κ3) is 4.81. The summed E-state index contributed by atoms with van der Waals surface area (Å²) in [7, 11) is 3.69. The van der Waals surface area contributed by atoms with Crippen molar-refractivity contribution in [1.82, 2.24) is 10.2 Å². The van der Waals surface area contributed by atoms with E-state index in [0.29, 0.717) is 22.4 Å². The fourth-order valence-electron chi connectivity index (χ4n) is 5.28. The molecule has 0 radical (unpaired) electrons. The Morgan fingerprint density at radius 2 is 1.55 bits per heavy atom. The van der Waals surface area contributed by atoms with Crippen LogP contribution in [0.3, 0.4) is 0 Å². The van der Waals surface area contributed by atoms with Gasteiger partial charge in [0.15, 0.2) is 5.11 Å². The molecular weight excluding hydrogens is 536 g/mol. The van der Waals surface area contributed by atoms with E-state index >= 15 is 0 Å². The fraction of sp³-hybridized carbons (Fsp3) is 0.121. The van der Waals surface area contributed by atoms with Crippen LogP contribution in [0.5, 0.6) is 0 Å². The minimum Gasteiger partial charge on any atom is -0.348 e. The molecule has 5 aromatic rings. The number of hydrogen-bond acceptors (Lipinski definition) is 3. The summed E-state index contributed by atoms with van der Waals surface area (Å²) in [6.45, 7) is 0.565. The van der Waals surface area contributed by atoms with E-state index < -0.39 is 6.17 Å². The van der Waals surface area contributed by atoms with E-state index in [1.54, 1.807) is 18.0 Å². The van der Waals surface area contributed by atoms with E-state index in [2.05, 4.69) is 59.9 Å². The third-order valence-corrected chi connectivity index (χ3v) is 7.99. The van der Waals surface area contributed by atoms with Crippen LogP contribution < -0.4 is 10.2 Å². The van der Waals surface area contributed by atoms with Gasteiger partial charge in [0.25, 0.3) is 5.91 Å². The SMILES string of the molecule is CN(Cc1c2ccccc2cc2ccccc12)C(=S)NC1N=C(c2ccccc2)c2cc(Cl)ccc2N(C)C1=O. The normalized spacial score (nSPS) is 15.0. The van der Waals surface area contributed by atoms with Gasteiger partial charge in [-0.25, -0.2) is 4.99 Å². The standard InChI is InChI=1S/C33H27ClN4OS/c1-37(20-28-25-14-8-6-12-22(25)18-23-13-7-9-15-26(23)28)33(40)36-31-32(39)38(2)29-17-16-24(34)19-27(29)30(35-31)21-10-4-3-5-11-21/h3-19,31H,20H2,1-2H3,(H,36,40). The van der Waals surface area contributed by atoms with Crippen LogP contribution in [-0.4, -0.2) is 41.9 Å². The Hall–Kier alpha value is -4.26. The lowest BCUT2D eigenvalue weighted by molar-refractivity contribution is -0.119. The molecule has 1 aliphatic rings. The Balaban J connectivity index is 1.35. The summed E-state index contributed by atoms with van der Waals surface area (Å²) >= 11 is 12.2. The molecular formula is C33H27ClN4OS. The second kappa shape index (κ2) is 10.7. The number of carbonyl (C=O) groups excluding carboxylic acids is 1. The van der Waals surface area contributed by atoms with Crippen LogP contribution in [0.4, 0.5) is 5.69 Å². The molecule has 0 spiro atoms. The van der Waals surface area contributed by atoms with Crippen LogP contribution in [0.15, 0.2) is 108 Å². The summed E-state index contributed by atoms with van der Waals surface area (Å²) in [6.07, 6.45) is -0.911. The Morgan fingerprint density at radius 1 is 0.925 bits per heavy atom. The molecule has 0 saturated carbocycles. The van der Waals surface area contributed by atoms with Crippen molar-refractivity contribution in [2.75, 3.05) is 19.0 Å². The van der Waals surface area contributed by atoms with Gasteiger partial charge < -0.3 is 15.1 Å². The van der Waals surface area contributed by atoms with Gasteiger partial charge >= 0.3 is 0 Å². The molecule has 1 aliphatic heterocycles. The molecule has 1 unspecified atom stereocenters. The maximum Gasteiger partial charge on any atom is 0.272 e. The third-order valence-electron chi connectivity index (χ3n) is 7.33. The van der Waals surface area contributed by atoms with Crippen molar-refractivity contribution in [1.29, 1.82) is 0 Å². The lowest BCUT2D eigenvalue weighted by Crippen LogP contribution is -2.49. The van der Waals surface area contributed by atoms with Crippen LogP contribution in [0.2, 0.25) is 5.02 Å².